The number of nitrogens with two attached hydrogens (primary N) is 1. The molecule has 0 aliphatic carbocycles. The fourth-order valence-electron chi connectivity index (χ4n) is 1.78. The first-order valence-corrected chi connectivity index (χ1v) is 6.07. The van der Waals surface area contributed by atoms with Crippen LogP contribution in [0.5, 0.6) is 0 Å². The van der Waals surface area contributed by atoms with Crippen molar-refractivity contribution in [1.82, 2.24) is 10.1 Å². The minimum absolute atomic E-state index is 0.528. The Kier molecular flexibility index (Phi) is 2.26. The van der Waals surface area contributed by atoms with Crippen LogP contribution in [0.1, 0.15) is 5.69 Å². The van der Waals surface area contributed by atoms with Gasteiger partial charge in [-0.2, -0.15) is 0 Å². The average Bonchev–Trinajstić information content (AvgIpc) is 2.69. The highest BCUT2D eigenvalue weighted by atomic mass is 32.1. The van der Waals surface area contributed by atoms with Gasteiger partial charge in [0, 0.05) is 18.6 Å². The third-order valence-electron chi connectivity index (χ3n) is 2.49. The SMILES string of the molecule is Cc1cc(-c2ccccc2)[n+]2nc(N)sc2n1. The van der Waals surface area contributed by atoms with E-state index in [1.165, 1.54) is 11.3 Å². The Morgan fingerprint density at radius 3 is 2.76 bits per heavy atom. The maximum Gasteiger partial charge on any atom is 0.412 e. The molecule has 0 radical (unpaired) electrons. The van der Waals surface area contributed by atoms with Gasteiger partial charge in [0.15, 0.2) is 11.4 Å². The van der Waals surface area contributed by atoms with Crippen LogP contribution in [0.15, 0.2) is 36.4 Å². The molecule has 17 heavy (non-hydrogen) atoms. The van der Waals surface area contributed by atoms with E-state index in [2.05, 4.69) is 22.2 Å². The lowest BCUT2D eigenvalue weighted by atomic mass is 10.1. The molecule has 2 heterocycles. The molecule has 0 amide bonds. The summed E-state index contributed by atoms with van der Waals surface area (Å²) in [5.74, 6) is 0. The zero-order valence-corrected chi connectivity index (χ0v) is 10.1. The van der Waals surface area contributed by atoms with Crippen molar-refractivity contribution in [2.75, 3.05) is 5.73 Å². The number of nitrogens with zero attached hydrogens (tertiary/aromatic N) is 3. The molecule has 0 spiro atoms. The molecule has 0 saturated heterocycles. The molecule has 3 aromatic rings. The number of anilines is 1. The minimum atomic E-state index is 0.528. The van der Waals surface area contributed by atoms with Crippen LogP contribution in [0.3, 0.4) is 0 Å². The Morgan fingerprint density at radius 2 is 2.00 bits per heavy atom. The van der Waals surface area contributed by atoms with E-state index in [0.29, 0.717) is 5.13 Å². The van der Waals surface area contributed by atoms with Crippen LogP contribution < -0.4 is 10.2 Å². The van der Waals surface area contributed by atoms with Crippen molar-refractivity contribution in [1.29, 1.82) is 0 Å². The van der Waals surface area contributed by atoms with Gasteiger partial charge < -0.3 is 5.73 Å². The molecule has 0 unspecified atom stereocenters. The van der Waals surface area contributed by atoms with Crippen LogP contribution in [0.25, 0.3) is 16.2 Å². The molecule has 2 N–H and O–H groups in total. The molecule has 5 heteroatoms. The summed E-state index contributed by atoms with van der Waals surface area (Å²) >= 11 is 1.39. The maximum atomic E-state index is 5.73. The van der Waals surface area contributed by atoms with Crippen molar-refractivity contribution in [2.45, 2.75) is 6.92 Å². The van der Waals surface area contributed by atoms with Gasteiger partial charge in [0.2, 0.25) is 5.13 Å². The van der Waals surface area contributed by atoms with E-state index in [1.807, 2.05) is 31.2 Å². The Balaban J connectivity index is 2.35. The van der Waals surface area contributed by atoms with Gasteiger partial charge in [-0.3, -0.25) is 0 Å². The largest absolute Gasteiger partial charge is 0.412 e. The van der Waals surface area contributed by atoms with Crippen molar-refractivity contribution in [3.8, 4) is 11.3 Å². The summed E-state index contributed by atoms with van der Waals surface area (Å²) in [6.07, 6.45) is 0. The lowest BCUT2D eigenvalue weighted by molar-refractivity contribution is -0.565. The number of fused-ring (bicyclic) bond motifs is 1. The van der Waals surface area contributed by atoms with Crippen LogP contribution in [0.2, 0.25) is 0 Å². The Hall–Kier alpha value is -2.01. The second-order valence-electron chi connectivity index (χ2n) is 3.78. The molecular formula is C12H11N4S+. The number of hydrogen-bond donors (Lipinski definition) is 1. The number of benzene rings is 1. The number of nitrogen functional groups attached to an aromatic ring is 1. The van der Waals surface area contributed by atoms with Gasteiger partial charge in [-0.05, 0) is 21.4 Å². The Bertz CT molecular complexity index is 676. The fraction of sp³-hybridized carbons (Fsp3) is 0.0833. The molecule has 0 aliphatic rings. The molecule has 0 aliphatic heterocycles. The molecule has 1 aromatic carbocycles. The van der Waals surface area contributed by atoms with Crippen LogP contribution in [0, 0.1) is 6.92 Å². The summed E-state index contributed by atoms with van der Waals surface area (Å²) in [7, 11) is 0. The minimum Gasteiger partial charge on any atom is -0.372 e. The van der Waals surface area contributed by atoms with E-state index >= 15 is 0 Å². The summed E-state index contributed by atoms with van der Waals surface area (Å²) in [6.45, 7) is 1.97. The van der Waals surface area contributed by atoms with Crippen molar-refractivity contribution in [2.24, 2.45) is 0 Å². The van der Waals surface area contributed by atoms with E-state index in [1.54, 1.807) is 4.52 Å². The zero-order valence-electron chi connectivity index (χ0n) is 9.29. The van der Waals surface area contributed by atoms with E-state index in [-0.39, 0.29) is 0 Å². The summed E-state index contributed by atoms with van der Waals surface area (Å²) in [6, 6.07) is 12.1. The summed E-state index contributed by atoms with van der Waals surface area (Å²) < 4.78 is 1.79. The summed E-state index contributed by atoms with van der Waals surface area (Å²) in [5, 5.41) is 4.81. The van der Waals surface area contributed by atoms with Crippen LogP contribution in [-0.4, -0.2) is 10.1 Å². The van der Waals surface area contributed by atoms with Crippen LogP contribution >= 0.6 is 11.3 Å². The summed E-state index contributed by atoms with van der Waals surface area (Å²) in [5.41, 5.74) is 8.82. The highest BCUT2D eigenvalue weighted by Crippen LogP contribution is 2.19. The standard InChI is InChI=1S/C12H11N4S/c1-8-7-10(9-5-3-2-4-6-9)16-12(14-8)17-11(13)15-16/h2-7H,1H3,(H2,13,15)/q+1. The predicted octanol–water partition coefficient (Wildman–Crippen LogP) is 1.83. The second-order valence-corrected chi connectivity index (χ2v) is 4.77. The predicted molar refractivity (Wildman–Crippen MR) is 67.7 cm³/mol. The van der Waals surface area contributed by atoms with Gasteiger partial charge in [0.1, 0.15) is 0 Å². The van der Waals surface area contributed by atoms with E-state index in [9.17, 15) is 0 Å². The first-order valence-electron chi connectivity index (χ1n) is 5.25. The molecule has 0 saturated carbocycles. The van der Waals surface area contributed by atoms with Crippen molar-refractivity contribution >= 4 is 21.4 Å². The molecule has 0 fully saturated rings. The molecule has 4 nitrogen and oxygen atoms in total. The van der Waals surface area contributed by atoms with E-state index in [4.69, 9.17) is 5.73 Å². The van der Waals surface area contributed by atoms with Crippen molar-refractivity contribution in [3.05, 3.63) is 42.1 Å². The van der Waals surface area contributed by atoms with Gasteiger partial charge in [0.05, 0.1) is 0 Å². The van der Waals surface area contributed by atoms with Gasteiger partial charge in [-0.25, -0.2) is 0 Å². The highest BCUT2D eigenvalue weighted by molar-refractivity contribution is 7.19. The molecule has 0 bridgehead atoms. The van der Waals surface area contributed by atoms with Crippen molar-refractivity contribution in [3.63, 3.8) is 0 Å². The van der Waals surface area contributed by atoms with Gasteiger partial charge >= 0.3 is 4.96 Å². The highest BCUT2D eigenvalue weighted by Gasteiger charge is 2.18. The quantitative estimate of drug-likeness (QED) is 0.663. The number of hydrogen-bond acceptors (Lipinski definition) is 4. The Labute approximate surface area is 102 Å². The number of aromatic nitrogens is 3. The van der Waals surface area contributed by atoms with E-state index < -0.39 is 0 Å². The molecular weight excluding hydrogens is 232 g/mol. The molecule has 84 valence electrons. The third-order valence-corrected chi connectivity index (χ3v) is 3.23. The number of rotatable bonds is 1. The second kappa shape index (κ2) is 3.78. The summed E-state index contributed by atoms with van der Waals surface area (Å²) in [4.78, 5) is 5.24. The monoisotopic (exact) mass is 243 g/mol. The first-order chi connectivity index (χ1) is 8.24. The van der Waals surface area contributed by atoms with Gasteiger partial charge in [-0.15, -0.1) is 0 Å². The first kappa shape index (κ1) is 10.2. The van der Waals surface area contributed by atoms with Crippen molar-refractivity contribution < 1.29 is 4.52 Å². The zero-order chi connectivity index (χ0) is 11.8. The van der Waals surface area contributed by atoms with Gasteiger partial charge in [0.25, 0.3) is 0 Å². The number of aryl methyl sites for hydroxylation is 1. The molecule has 2 aromatic heterocycles. The average molecular weight is 243 g/mol. The lowest BCUT2D eigenvalue weighted by Gasteiger charge is -1.97. The maximum absolute atomic E-state index is 5.73. The normalized spacial score (nSPS) is 10.9. The van der Waals surface area contributed by atoms with Crippen LogP contribution in [0.4, 0.5) is 5.13 Å². The smallest absolute Gasteiger partial charge is 0.372 e. The van der Waals surface area contributed by atoms with Gasteiger partial charge in [-0.1, -0.05) is 34.8 Å². The molecule has 3 rings (SSSR count). The molecule has 0 atom stereocenters. The fourth-order valence-corrected chi connectivity index (χ4v) is 2.51. The lowest BCUT2D eigenvalue weighted by Crippen LogP contribution is -2.27. The topological polar surface area (TPSA) is 55.9 Å². The van der Waals surface area contributed by atoms with Crippen LogP contribution in [-0.2, 0) is 0 Å². The third kappa shape index (κ3) is 1.74. The van der Waals surface area contributed by atoms with E-state index in [0.717, 1.165) is 21.9 Å². The Morgan fingerprint density at radius 1 is 1.24 bits per heavy atom.